The second-order valence-corrected chi connectivity index (χ2v) is 3.01. The molecule has 0 radical (unpaired) electrons. The summed E-state index contributed by atoms with van der Waals surface area (Å²) in [6.45, 7) is 0. The lowest BCUT2D eigenvalue weighted by Crippen LogP contribution is -1.90. The van der Waals surface area contributed by atoms with E-state index in [0.29, 0.717) is 5.82 Å². The number of hydrogen-bond acceptors (Lipinski definition) is 5. The fourth-order valence-electron chi connectivity index (χ4n) is 0.723. The quantitative estimate of drug-likeness (QED) is 0.699. The Morgan fingerprint density at radius 2 is 2.17 bits per heavy atom. The first-order valence-electron chi connectivity index (χ1n) is 3.09. The summed E-state index contributed by atoms with van der Waals surface area (Å²) >= 11 is 7.06. The molecule has 6 heteroatoms. The minimum absolute atomic E-state index is 0.188. The van der Waals surface area contributed by atoms with Gasteiger partial charge in [0.1, 0.15) is 12.0 Å². The summed E-state index contributed by atoms with van der Waals surface area (Å²) < 4.78 is 0. The van der Waals surface area contributed by atoms with Crippen molar-refractivity contribution in [2.45, 2.75) is 0 Å². The molecule has 0 aliphatic rings. The zero-order valence-electron chi connectivity index (χ0n) is 5.81. The minimum atomic E-state index is 0.188. The summed E-state index contributed by atoms with van der Waals surface area (Å²) in [5.41, 5.74) is 2.44. The van der Waals surface area contributed by atoms with Crippen LogP contribution >= 0.6 is 22.9 Å². The van der Waals surface area contributed by atoms with Gasteiger partial charge in [0.25, 0.3) is 0 Å². The maximum atomic E-state index is 5.58. The van der Waals surface area contributed by atoms with Crippen molar-refractivity contribution in [3.63, 3.8) is 0 Å². The van der Waals surface area contributed by atoms with Gasteiger partial charge in [0.15, 0.2) is 5.82 Å². The fourth-order valence-corrected chi connectivity index (χ4v) is 1.38. The van der Waals surface area contributed by atoms with Crippen molar-refractivity contribution in [2.75, 3.05) is 0 Å². The van der Waals surface area contributed by atoms with E-state index in [1.807, 2.05) is 5.38 Å². The van der Waals surface area contributed by atoms with Gasteiger partial charge in [-0.1, -0.05) is 0 Å². The normalized spacial score (nSPS) is 10.1. The SMILES string of the molecule is Clc1ncnc(-c2cscn2)n1. The first-order valence-corrected chi connectivity index (χ1v) is 4.41. The number of thiazole rings is 1. The predicted molar refractivity (Wildman–Crippen MR) is 45.9 cm³/mol. The molecule has 0 N–H and O–H groups in total. The molecule has 0 aromatic carbocycles. The van der Waals surface area contributed by atoms with Crippen LogP contribution in [0.5, 0.6) is 0 Å². The molecule has 0 fully saturated rings. The van der Waals surface area contributed by atoms with Gasteiger partial charge >= 0.3 is 0 Å². The molecular formula is C6H3ClN4S. The van der Waals surface area contributed by atoms with Crippen molar-refractivity contribution in [3.8, 4) is 11.5 Å². The Morgan fingerprint density at radius 3 is 2.83 bits per heavy atom. The maximum Gasteiger partial charge on any atom is 0.225 e. The van der Waals surface area contributed by atoms with Crippen LogP contribution < -0.4 is 0 Å². The highest BCUT2D eigenvalue weighted by atomic mass is 35.5. The summed E-state index contributed by atoms with van der Waals surface area (Å²) in [5.74, 6) is 0.510. The zero-order chi connectivity index (χ0) is 8.39. The van der Waals surface area contributed by atoms with E-state index in [1.165, 1.54) is 17.7 Å². The highest BCUT2D eigenvalue weighted by Gasteiger charge is 2.02. The second-order valence-electron chi connectivity index (χ2n) is 1.95. The average Bonchev–Trinajstić information content (AvgIpc) is 2.56. The molecule has 2 aromatic heterocycles. The van der Waals surface area contributed by atoms with Crippen LogP contribution in [0.15, 0.2) is 17.2 Å². The van der Waals surface area contributed by atoms with Crippen molar-refractivity contribution in [3.05, 3.63) is 22.5 Å². The summed E-state index contributed by atoms with van der Waals surface area (Å²) in [7, 11) is 0. The smallest absolute Gasteiger partial charge is 0.225 e. The Hall–Kier alpha value is -1.07. The first-order chi connectivity index (χ1) is 5.86. The van der Waals surface area contributed by atoms with E-state index >= 15 is 0 Å². The van der Waals surface area contributed by atoms with Gasteiger partial charge in [-0.05, 0) is 11.6 Å². The third-order valence-corrected chi connectivity index (χ3v) is 1.97. The Bertz CT molecular complexity index is 375. The van der Waals surface area contributed by atoms with Crippen molar-refractivity contribution in [1.82, 2.24) is 19.9 Å². The molecule has 0 spiro atoms. The molecule has 0 bridgehead atoms. The van der Waals surface area contributed by atoms with Gasteiger partial charge in [-0.3, -0.25) is 0 Å². The molecule has 0 saturated carbocycles. The molecule has 0 aliphatic carbocycles. The summed E-state index contributed by atoms with van der Waals surface area (Å²) in [4.78, 5) is 15.5. The van der Waals surface area contributed by atoms with Crippen LogP contribution in [-0.4, -0.2) is 19.9 Å². The number of nitrogens with zero attached hydrogens (tertiary/aromatic N) is 4. The molecule has 0 saturated heterocycles. The summed E-state index contributed by atoms with van der Waals surface area (Å²) in [5, 5.41) is 2.04. The fraction of sp³-hybridized carbons (Fsp3) is 0. The largest absolute Gasteiger partial charge is 0.241 e. The summed E-state index contributed by atoms with van der Waals surface area (Å²) in [6.07, 6.45) is 1.37. The molecule has 0 amide bonds. The van der Waals surface area contributed by atoms with Crippen LogP contribution in [0.2, 0.25) is 5.28 Å². The number of halogens is 1. The Labute approximate surface area is 77.3 Å². The van der Waals surface area contributed by atoms with E-state index in [4.69, 9.17) is 11.6 Å². The highest BCUT2D eigenvalue weighted by Crippen LogP contribution is 2.14. The molecule has 12 heavy (non-hydrogen) atoms. The van der Waals surface area contributed by atoms with E-state index in [-0.39, 0.29) is 5.28 Å². The van der Waals surface area contributed by atoms with Gasteiger partial charge in [0.05, 0.1) is 5.51 Å². The first kappa shape index (κ1) is 7.57. The average molecular weight is 199 g/mol. The van der Waals surface area contributed by atoms with Crippen molar-refractivity contribution < 1.29 is 0 Å². The Kier molecular flexibility index (Phi) is 1.97. The van der Waals surface area contributed by atoms with E-state index < -0.39 is 0 Å². The van der Waals surface area contributed by atoms with Crippen LogP contribution in [-0.2, 0) is 0 Å². The number of rotatable bonds is 1. The zero-order valence-corrected chi connectivity index (χ0v) is 7.38. The molecule has 4 nitrogen and oxygen atoms in total. The Balaban J connectivity index is 2.48. The molecule has 60 valence electrons. The van der Waals surface area contributed by atoms with E-state index in [9.17, 15) is 0 Å². The van der Waals surface area contributed by atoms with Crippen molar-refractivity contribution in [2.24, 2.45) is 0 Å². The summed E-state index contributed by atoms with van der Waals surface area (Å²) in [6, 6.07) is 0. The van der Waals surface area contributed by atoms with Crippen LogP contribution in [0.1, 0.15) is 0 Å². The lowest BCUT2D eigenvalue weighted by molar-refractivity contribution is 1.05. The monoisotopic (exact) mass is 198 g/mol. The highest BCUT2D eigenvalue weighted by molar-refractivity contribution is 7.07. The van der Waals surface area contributed by atoms with Gasteiger partial charge in [-0.2, -0.15) is 4.98 Å². The molecule has 2 heterocycles. The molecule has 0 atom stereocenters. The number of hydrogen-bond donors (Lipinski definition) is 0. The standard InChI is InChI=1S/C6H3ClN4S/c7-6-9-2-8-5(11-6)4-1-12-3-10-4/h1-3H. The third kappa shape index (κ3) is 1.41. The van der Waals surface area contributed by atoms with Crippen LogP contribution in [0.4, 0.5) is 0 Å². The lowest BCUT2D eigenvalue weighted by atomic mass is 10.5. The second kappa shape index (κ2) is 3.12. The van der Waals surface area contributed by atoms with Gasteiger partial charge < -0.3 is 0 Å². The van der Waals surface area contributed by atoms with Gasteiger partial charge in [-0.25, -0.2) is 15.0 Å². The van der Waals surface area contributed by atoms with Crippen molar-refractivity contribution in [1.29, 1.82) is 0 Å². The van der Waals surface area contributed by atoms with Gasteiger partial charge in [0, 0.05) is 5.38 Å². The van der Waals surface area contributed by atoms with E-state index in [2.05, 4.69) is 19.9 Å². The minimum Gasteiger partial charge on any atom is -0.241 e. The Morgan fingerprint density at radius 1 is 1.25 bits per heavy atom. The molecule has 0 unspecified atom stereocenters. The van der Waals surface area contributed by atoms with Gasteiger partial charge in [0.2, 0.25) is 5.28 Å². The van der Waals surface area contributed by atoms with Crippen LogP contribution in [0.3, 0.4) is 0 Å². The van der Waals surface area contributed by atoms with Crippen LogP contribution in [0, 0.1) is 0 Å². The van der Waals surface area contributed by atoms with E-state index in [1.54, 1.807) is 5.51 Å². The van der Waals surface area contributed by atoms with Crippen LogP contribution in [0.25, 0.3) is 11.5 Å². The molecular weight excluding hydrogens is 196 g/mol. The van der Waals surface area contributed by atoms with E-state index in [0.717, 1.165) is 5.69 Å². The van der Waals surface area contributed by atoms with Crippen molar-refractivity contribution >= 4 is 22.9 Å². The lowest BCUT2D eigenvalue weighted by Gasteiger charge is -1.92. The number of aromatic nitrogens is 4. The van der Waals surface area contributed by atoms with Gasteiger partial charge in [-0.15, -0.1) is 11.3 Å². The predicted octanol–water partition coefficient (Wildman–Crippen LogP) is 1.65. The molecule has 2 rings (SSSR count). The molecule has 0 aliphatic heterocycles. The molecule has 2 aromatic rings. The topological polar surface area (TPSA) is 51.6 Å². The maximum absolute atomic E-state index is 5.58. The third-order valence-electron chi connectivity index (χ3n) is 1.20.